The van der Waals surface area contributed by atoms with E-state index in [9.17, 15) is 9.59 Å². The summed E-state index contributed by atoms with van der Waals surface area (Å²) in [5, 5.41) is 6.14. The maximum atomic E-state index is 12.9. The van der Waals surface area contributed by atoms with Gasteiger partial charge in [-0.25, -0.2) is 4.98 Å². The lowest BCUT2D eigenvalue weighted by Gasteiger charge is -2.10. The molecule has 0 aliphatic rings. The molecule has 2 N–H and O–H groups in total. The summed E-state index contributed by atoms with van der Waals surface area (Å²) < 4.78 is 11.2. The Morgan fingerprint density at radius 3 is 2.47 bits per heavy atom. The topological polar surface area (TPSA) is 89.6 Å². The lowest BCUT2D eigenvalue weighted by molar-refractivity contribution is -0.118. The molecule has 30 heavy (non-hydrogen) atoms. The minimum atomic E-state index is -0.292. The molecule has 0 saturated heterocycles. The van der Waals surface area contributed by atoms with Gasteiger partial charge in [-0.2, -0.15) is 0 Å². The molecule has 1 heterocycles. The van der Waals surface area contributed by atoms with Gasteiger partial charge in [0.05, 0.1) is 20.0 Å². The van der Waals surface area contributed by atoms with E-state index in [0.717, 1.165) is 5.56 Å². The molecule has 0 spiro atoms. The van der Waals surface area contributed by atoms with Crippen molar-refractivity contribution in [1.29, 1.82) is 0 Å². The number of benzene rings is 2. The molecule has 156 valence electrons. The van der Waals surface area contributed by atoms with Crippen LogP contribution in [0.15, 0.2) is 52.9 Å². The number of aromatic nitrogens is 1. The van der Waals surface area contributed by atoms with Crippen LogP contribution in [0.25, 0.3) is 11.3 Å². The highest BCUT2D eigenvalue weighted by Crippen LogP contribution is 2.38. The number of anilines is 1. The Bertz CT molecular complexity index is 1040. The minimum Gasteiger partial charge on any atom is -0.493 e. The lowest BCUT2D eigenvalue weighted by Crippen LogP contribution is -2.19. The maximum absolute atomic E-state index is 12.9. The first-order chi connectivity index (χ1) is 14.5. The Kier molecular flexibility index (Phi) is 7.31. The Labute approximate surface area is 182 Å². The second-order valence-corrected chi connectivity index (χ2v) is 8.23. The van der Waals surface area contributed by atoms with Gasteiger partial charge in [0.2, 0.25) is 5.91 Å². The van der Waals surface area contributed by atoms with Gasteiger partial charge in [-0.1, -0.05) is 53.4 Å². The van der Waals surface area contributed by atoms with E-state index in [1.54, 1.807) is 32.4 Å². The zero-order chi connectivity index (χ0) is 21.5. The molecule has 9 heteroatoms. The molecule has 0 aliphatic heterocycles. The summed E-state index contributed by atoms with van der Waals surface area (Å²) >= 11 is 2.66. The van der Waals surface area contributed by atoms with E-state index in [1.807, 2.05) is 30.3 Å². The van der Waals surface area contributed by atoms with E-state index in [4.69, 9.17) is 9.47 Å². The van der Waals surface area contributed by atoms with Crippen LogP contribution in [0, 0.1) is 0 Å². The Morgan fingerprint density at radius 2 is 1.80 bits per heavy atom. The molecular formula is C21H21N3O4S2. The van der Waals surface area contributed by atoms with Crippen molar-refractivity contribution in [2.45, 2.75) is 4.34 Å². The molecule has 3 aromatic rings. The predicted molar refractivity (Wildman–Crippen MR) is 120 cm³/mol. The molecule has 0 saturated carbocycles. The van der Waals surface area contributed by atoms with Crippen LogP contribution >= 0.6 is 23.1 Å². The summed E-state index contributed by atoms with van der Waals surface area (Å²) in [6, 6.07) is 14.6. The van der Waals surface area contributed by atoms with Crippen molar-refractivity contribution in [3.63, 3.8) is 0 Å². The van der Waals surface area contributed by atoms with Crippen molar-refractivity contribution in [3.8, 4) is 22.8 Å². The number of ether oxygens (including phenoxy) is 2. The summed E-state index contributed by atoms with van der Waals surface area (Å²) in [4.78, 5) is 29.1. The molecule has 0 atom stereocenters. The summed E-state index contributed by atoms with van der Waals surface area (Å²) in [7, 11) is 4.65. The highest BCUT2D eigenvalue weighted by molar-refractivity contribution is 8.01. The van der Waals surface area contributed by atoms with Gasteiger partial charge in [-0.3, -0.25) is 9.59 Å². The van der Waals surface area contributed by atoms with Crippen LogP contribution in [0.1, 0.15) is 10.4 Å². The number of carbonyl (C=O) groups is 2. The highest BCUT2D eigenvalue weighted by Gasteiger charge is 2.18. The first-order valence-corrected chi connectivity index (χ1v) is 10.8. The fraction of sp³-hybridized carbons (Fsp3) is 0.190. The molecule has 2 amide bonds. The average Bonchev–Trinajstić information content (AvgIpc) is 3.19. The lowest BCUT2D eigenvalue weighted by atomic mass is 10.1. The van der Waals surface area contributed by atoms with Gasteiger partial charge in [0.1, 0.15) is 10.7 Å². The fourth-order valence-electron chi connectivity index (χ4n) is 2.59. The van der Waals surface area contributed by atoms with Crippen molar-refractivity contribution in [3.05, 3.63) is 54.1 Å². The van der Waals surface area contributed by atoms with Crippen LogP contribution in [-0.2, 0) is 4.79 Å². The van der Waals surface area contributed by atoms with Crippen LogP contribution in [0.5, 0.6) is 11.5 Å². The molecule has 1 aromatic heterocycles. The van der Waals surface area contributed by atoms with Crippen molar-refractivity contribution in [1.82, 2.24) is 10.3 Å². The molecule has 0 bridgehead atoms. The van der Waals surface area contributed by atoms with Crippen molar-refractivity contribution in [2.75, 3.05) is 32.3 Å². The number of nitrogens with zero attached hydrogens (tertiary/aromatic N) is 1. The number of hydrogen-bond donors (Lipinski definition) is 2. The number of nitrogens with one attached hydrogen (secondary N) is 2. The summed E-state index contributed by atoms with van der Waals surface area (Å²) in [6.07, 6.45) is 0. The molecule has 2 aromatic carbocycles. The van der Waals surface area contributed by atoms with E-state index in [-0.39, 0.29) is 17.6 Å². The first kappa shape index (κ1) is 21.7. The summed E-state index contributed by atoms with van der Waals surface area (Å²) in [6.45, 7) is 0. The Morgan fingerprint density at radius 1 is 1.07 bits per heavy atom. The molecule has 0 radical (unpaired) electrons. The van der Waals surface area contributed by atoms with Crippen molar-refractivity contribution >= 4 is 39.9 Å². The zero-order valence-corrected chi connectivity index (χ0v) is 18.4. The van der Waals surface area contributed by atoms with Gasteiger partial charge in [0, 0.05) is 18.2 Å². The normalized spacial score (nSPS) is 10.4. The van der Waals surface area contributed by atoms with Crippen molar-refractivity contribution in [2.24, 2.45) is 0 Å². The standard InChI is InChI=1S/C21H21N3O4S2/c1-22-17(25)12-29-21-23-18(13-7-5-4-6-8-13)20(30-21)24-19(26)14-9-10-15(27-2)16(11-14)28-3/h4-11H,12H2,1-3H3,(H,22,25)(H,24,26). The molecule has 7 nitrogen and oxygen atoms in total. The van der Waals surface area contributed by atoms with Gasteiger partial charge in [0.15, 0.2) is 15.8 Å². The van der Waals surface area contributed by atoms with Crippen molar-refractivity contribution < 1.29 is 19.1 Å². The average molecular weight is 444 g/mol. The van der Waals surface area contributed by atoms with Gasteiger partial charge in [-0.15, -0.1) is 0 Å². The van der Waals surface area contributed by atoms with E-state index >= 15 is 0 Å². The highest BCUT2D eigenvalue weighted by atomic mass is 32.2. The summed E-state index contributed by atoms with van der Waals surface area (Å²) in [5.41, 5.74) is 1.97. The van der Waals surface area contributed by atoms with Crippen LogP contribution in [0.3, 0.4) is 0 Å². The third kappa shape index (κ3) is 5.11. The van der Waals surface area contributed by atoms with E-state index < -0.39 is 0 Å². The maximum Gasteiger partial charge on any atom is 0.256 e. The SMILES string of the molecule is CNC(=O)CSc1nc(-c2ccccc2)c(NC(=O)c2ccc(OC)c(OC)c2)s1. The van der Waals surface area contributed by atoms with E-state index in [2.05, 4.69) is 15.6 Å². The quantitative estimate of drug-likeness (QED) is 0.513. The Balaban J connectivity index is 1.89. The minimum absolute atomic E-state index is 0.0904. The largest absolute Gasteiger partial charge is 0.493 e. The van der Waals surface area contributed by atoms with Gasteiger partial charge in [0.25, 0.3) is 5.91 Å². The predicted octanol–water partition coefficient (Wildman–Crippen LogP) is 3.92. The van der Waals surface area contributed by atoms with Gasteiger partial charge >= 0.3 is 0 Å². The zero-order valence-electron chi connectivity index (χ0n) is 16.7. The first-order valence-electron chi connectivity index (χ1n) is 8.98. The van der Waals surface area contributed by atoms with Crippen LogP contribution in [-0.4, -0.2) is 43.8 Å². The van der Waals surface area contributed by atoms with Crippen LogP contribution in [0.4, 0.5) is 5.00 Å². The second kappa shape index (κ2) is 10.1. The molecule has 0 unspecified atom stereocenters. The monoisotopic (exact) mass is 443 g/mol. The van der Waals surface area contributed by atoms with E-state index in [0.29, 0.717) is 32.1 Å². The summed E-state index contributed by atoms with van der Waals surface area (Å²) in [5.74, 6) is 0.887. The van der Waals surface area contributed by atoms with Gasteiger partial charge in [-0.05, 0) is 18.2 Å². The molecule has 0 fully saturated rings. The number of methoxy groups -OCH3 is 2. The van der Waals surface area contributed by atoms with E-state index in [1.165, 1.54) is 30.2 Å². The Hall–Kier alpha value is -3.04. The smallest absolute Gasteiger partial charge is 0.256 e. The van der Waals surface area contributed by atoms with Crippen LogP contribution in [0.2, 0.25) is 0 Å². The third-order valence-electron chi connectivity index (χ3n) is 4.13. The number of rotatable bonds is 8. The fourth-order valence-corrected chi connectivity index (χ4v) is 4.52. The number of thiazole rings is 1. The second-order valence-electron chi connectivity index (χ2n) is 6.01. The number of thioether (sulfide) groups is 1. The molecule has 3 rings (SSSR count). The third-order valence-corrected chi connectivity index (χ3v) is 6.25. The molecular weight excluding hydrogens is 422 g/mol. The van der Waals surface area contributed by atoms with Crippen LogP contribution < -0.4 is 20.1 Å². The number of hydrogen-bond acceptors (Lipinski definition) is 7. The van der Waals surface area contributed by atoms with Gasteiger partial charge < -0.3 is 20.1 Å². The molecule has 0 aliphatic carbocycles. The number of carbonyl (C=O) groups excluding carboxylic acids is 2. The number of amides is 2.